The smallest absolute Gasteiger partial charge is 0.186 e. The van der Waals surface area contributed by atoms with Gasteiger partial charge in [-0.25, -0.2) is 0 Å². The van der Waals surface area contributed by atoms with E-state index in [4.69, 9.17) is 0 Å². The molecule has 0 saturated carbocycles. The van der Waals surface area contributed by atoms with Crippen LogP contribution in [0.25, 0.3) is 6.08 Å². The minimum Gasteiger partial charge on any atom is -0.288 e. The third kappa shape index (κ3) is 4.81. The molecule has 0 saturated heterocycles. The highest BCUT2D eigenvalue weighted by Gasteiger charge is 1.90. The first-order valence-electron chi connectivity index (χ1n) is 4.24. The number of carbonyl (C=O) groups excluding carboxylic acids is 1. The van der Waals surface area contributed by atoms with E-state index in [2.05, 4.69) is 40.8 Å². The van der Waals surface area contributed by atoms with E-state index >= 15 is 0 Å². The molecule has 1 aromatic carbocycles. The molecule has 0 radical (unpaired) electrons. The first-order chi connectivity index (χ1) is 6.68. The van der Waals surface area contributed by atoms with Crippen molar-refractivity contribution < 1.29 is 4.79 Å². The van der Waals surface area contributed by atoms with Crippen LogP contribution in [0.4, 0.5) is 0 Å². The molecule has 0 heterocycles. The highest BCUT2D eigenvalue weighted by molar-refractivity contribution is 14.1. The summed E-state index contributed by atoms with van der Waals surface area (Å²) in [5, 5.41) is 0.164. The third-order valence-electron chi connectivity index (χ3n) is 1.54. The van der Waals surface area contributed by atoms with Crippen LogP contribution >= 0.6 is 34.4 Å². The van der Waals surface area contributed by atoms with Gasteiger partial charge in [-0.15, -0.1) is 0 Å². The molecular weight excluding hydrogens is 307 g/mol. The SMILES string of the molecule is CC(=O)SCC=Cc1cccc(I)c1. The Kier molecular flexibility index (Phi) is 5.25. The van der Waals surface area contributed by atoms with Crippen LogP contribution in [-0.2, 0) is 4.79 Å². The highest BCUT2D eigenvalue weighted by atomic mass is 127. The molecule has 0 aliphatic heterocycles. The average Bonchev–Trinajstić information content (AvgIpc) is 2.12. The molecule has 0 spiro atoms. The fourth-order valence-corrected chi connectivity index (χ4v) is 1.95. The molecule has 0 N–H and O–H groups in total. The summed E-state index contributed by atoms with van der Waals surface area (Å²) in [4.78, 5) is 10.6. The zero-order valence-electron chi connectivity index (χ0n) is 7.87. The van der Waals surface area contributed by atoms with Crippen LogP contribution in [0, 0.1) is 3.57 Å². The Morgan fingerprint density at radius 2 is 2.36 bits per heavy atom. The molecule has 14 heavy (non-hydrogen) atoms. The van der Waals surface area contributed by atoms with Gasteiger partial charge in [-0.05, 0) is 40.3 Å². The molecule has 3 heteroatoms. The van der Waals surface area contributed by atoms with Crippen molar-refractivity contribution in [1.82, 2.24) is 0 Å². The average molecular weight is 318 g/mol. The predicted molar refractivity (Wildman–Crippen MR) is 71.3 cm³/mol. The lowest BCUT2D eigenvalue weighted by Crippen LogP contribution is -1.81. The monoisotopic (exact) mass is 318 g/mol. The van der Waals surface area contributed by atoms with Gasteiger partial charge in [0.05, 0.1) is 0 Å². The Labute approximate surface area is 102 Å². The Balaban J connectivity index is 2.47. The Hall–Kier alpha value is -0.290. The molecule has 1 rings (SSSR count). The highest BCUT2D eigenvalue weighted by Crippen LogP contribution is 2.10. The lowest BCUT2D eigenvalue weighted by Gasteiger charge is -1.94. The normalized spacial score (nSPS) is 10.7. The van der Waals surface area contributed by atoms with E-state index in [1.807, 2.05) is 18.2 Å². The fourth-order valence-electron chi connectivity index (χ4n) is 0.960. The van der Waals surface area contributed by atoms with Crippen molar-refractivity contribution in [3.8, 4) is 0 Å². The molecule has 0 atom stereocenters. The number of halogens is 1. The molecule has 0 aromatic heterocycles. The molecule has 0 fully saturated rings. The van der Waals surface area contributed by atoms with Crippen LogP contribution < -0.4 is 0 Å². The number of thioether (sulfide) groups is 1. The van der Waals surface area contributed by atoms with Crippen molar-refractivity contribution in [3.05, 3.63) is 39.5 Å². The third-order valence-corrected chi connectivity index (χ3v) is 2.98. The molecule has 74 valence electrons. The minimum atomic E-state index is 0.164. The van der Waals surface area contributed by atoms with E-state index in [9.17, 15) is 4.79 Å². The number of rotatable bonds is 3. The van der Waals surface area contributed by atoms with E-state index < -0.39 is 0 Å². The van der Waals surface area contributed by atoms with Crippen LogP contribution in [0.1, 0.15) is 12.5 Å². The van der Waals surface area contributed by atoms with Crippen molar-refractivity contribution in [2.24, 2.45) is 0 Å². The maximum absolute atomic E-state index is 10.6. The lowest BCUT2D eigenvalue weighted by atomic mass is 10.2. The number of benzene rings is 1. The summed E-state index contributed by atoms with van der Waals surface area (Å²) in [5.74, 6) is 0.751. The zero-order chi connectivity index (χ0) is 10.4. The predicted octanol–water partition coefficient (Wildman–Crippen LogP) is 3.58. The molecule has 0 aliphatic rings. The van der Waals surface area contributed by atoms with E-state index in [0.717, 1.165) is 5.75 Å². The topological polar surface area (TPSA) is 17.1 Å². The largest absolute Gasteiger partial charge is 0.288 e. The van der Waals surface area contributed by atoms with Gasteiger partial charge in [-0.3, -0.25) is 4.79 Å². The van der Waals surface area contributed by atoms with Gasteiger partial charge in [-0.1, -0.05) is 36.0 Å². The number of hydrogen-bond donors (Lipinski definition) is 0. The lowest BCUT2D eigenvalue weighted by molar-refractivity contribution is -0.109. The summed E-state index contributed by atoms with van der Waals surface area (Å²) in [7, 11) is 0. The van der Waals surface area contributed by atoms with Crippen LogP contribution in [0.15, 0.2) is 30.3 Å². The Morgan fingerprint density at radius 3 is 3.00 bits per heavy atom. The summed E-state index contributed by atoms with van der Waals surface area (Å²) in [5.41, 5.74) is 1.18. The van der Waals surface area contributed by atoms with Gasteiger partial charge in [0.25, 0.3) is 0 Å². The minimum absolute atomic E-state index is 0.164. The molecular formula is C11H11IOS. The van der Waals surface area contributed by atoms with Crippen LogP contribution in [0.5, 0.6) is 0 Å². The van der Waals surface area contributed by atoms with Crippen LogP contribution in [0.3, 0.4) is 0 Å². The van der Waals surface area contributed by atoms with Gasteiger partial charge in [0, 0.05) is 16.2 Å². The quantitative estimate of drug-likeness (QED) is 0.793. The first kappa shape index (κ1) is 11.8. The van der Waals surface area contributed by atoms with Crippen molar-refractivity contribution >= 4 is 45.5 Å². The van der Waals surface area contributed by atoms with Gasteiger partial charge < -0.3 is 0 Å². The summed E-state index contributed by atoms with van der Waals surface area (Å²) < 4.78 is 1.23. The Morgan fingerprint density at radius 1 is 1.57 bits per heavy atom. The Bertz CT molecular complexity index is 347. The second kappa shape index (κ2) is 6.24. The second-order valence-corrected chi connectivity index (χ2v) is 5.20. The number of carbonyl (C=O) groups is 1. The second-order valence-electron chi connectivity index (χ2n) is 2.76. The van der Waals surface area contributed by atoms with Gasteiger partial charge in [0.1, 0.15) is 0 Å². The summed E-state index contributed by atoms with van der Waals surface area (Å²) in [6.45, 7) is 1.59. The number of hydrogen-bond acceptors (Lipinski definition) is 2. The first-order valence-corrected chi connectivity index (χ1v) is 6.30. The maximum atomic E-state index is 10.6. The van der Waals surface area contributed by atoms with E-state index in [1.165, 1.54) is 20.9 Å². The van der Waals surface area contributed by atoms with Crippen LogP contribution in [0.2, 0.25) is 0 Å². The summed E-state index contributed by atoms with van der Waals surface area (Å²) in [6.07, 6.45) is 4.05. The fraction of sp³-hybridized carbons (Fsp3) is 0.182. The molecule has 1 aromatic rings. The molecule has 0 aliphatic carbocycles. The molecule has 0 amide bonds. The van der Waals surface area contributed by atoms with Crippen LogP contribution in [-0.4, -0.2) is 10.9 Å². The van der Waals surface area contributed by atoms with E-state index in [1.54, 1.807) is 6.92 Å². The van der Waals surface area contributed by atoms with E-state index in [-0.39, 0.29) is 5.12 Å². The van der Waals surface area contributed by atoms with Crippen molar-refractivity contribution in [2.45, 2.75) is 6.92 Å². The van der Waals surface area contributed by atoms with Crippen molar-refractivity contribution in [1.29, 1.82) is 0 Å². The van der Waals surface area contributed by atoms with Gasteiger partial charge in [0.2, 0.25) is 0 Å². The van der Waals surface area contributed by atoms with Crippen molar-refractivity contribution in [2.75, 3.05) is 5.75 Å². The molecule has 0 bridgehead atoms. The molecule has 0 unspecified atom stereocenters. The summed E-state index contributed by atoms with van der Waals surface area (Å²) in [6, 6.07) is 8.24. The maximum Gasteiger partial charge on any atom is 0.186 e. The van der Waals surface area contributed by atoms with E-state index in [0.29, 0.717) is 0 Å². The standard InChI is InChI=1S/C11H11IOS/c1-9(13)14-7-3-5-10-4-2-6-11(12)8-10/h2-6,8H,7H2,1H3. The van der Waals surface area contributed by atoms with Gasteiger partial charge >= 0.3 is 0 Å². The van der Waals surface area contributed by atoms with Gasteiger partial charge in [-0.2, -0.15) is 0 Å². The zero-order valence-corrected chi connectivity index (χ0v) is 10.8. The summed E-state index contributed by atoms with van der Waals surface area (Å²) >= 11 is 3.61. The van der Waals surface area contributed by atoms with Gasteiger partial charge in [0.15, 0.2) is 5.12 Å². The van der Waals surface area contributed by atoms with Crippen molar-refractivity contribution in [3.63, 3.8) is 0 Å². The molecule has 1 nitrogen and oxygen atoms in total.